The molecule has 3 rings (SSSR count). The first-order valence-electron chi connectivity index (χ1n) is 8.10. The summed E-state index contributed by atoms with van der Waals surface area (Å²) < 4.78 is 7.19. The van der Waals surface area contributed by atoms with Gasteiger partial charge in [0.1, 0.15) is 5.75 Å². The second kappa shape index (κ2) is 8.41. The third-order valence-electron chi connectivity index (χ3n) is 3.80. The number of benzene rings is 2. The third-order valence-corrected chi connectivity index (χ3v) is 4.59. The number of anilines is 1. The van der Waals surface area contributed by atoms with Gasteiger partial charge in [0, 0.05) is 11.4 Å². The summed E-state index contributed by atoms with van der Waals surface area (Å²) in [5.41, 5.74) is 3.16. The highest BCUT2D eigenvalue weighted by molar-refractivity contribution is 7.99. The summed E-state index contributed by atoms with van der Waals surface area (Å²) in [4.78, 5) is 0. The number of methoxy groups -OCH3 is 1. The topological polar surface area (TPSA) is 75.8 Å². The van der Waals surface area contributed by atoms with Gasteiger partial charge in [-0.3, -0.25) is 4.57 Å². The van der Waals surface area contributed by atoms with Gasteiger partial charge in [-0.2, -0.15) is 5.26 Å². The summed E-state index contributed by atoms with van der Waals surface area (Å²) in [6.45, 7) is 2.58. The van der Waals surface area contributed by atoms with E-state index in [1.54, 1.807) is 7.11 Å². The van der Waals surface area contributed by atoms with Gasteiger partial charge in [0.15, 0.2) is 11.0 Å². The molecule has 0 saturated carbocycles. The van der Waals surface area contributed by atoms with Crippen LogP contribution in [0.5, 0.6) is 5.75 Å². The van der Waals surface area contributed by atoms with Gasteiger partial charge in [-0.25, -0.2) is 0 Å². The summed E-state index contributed by atoms with van der Waals surface area (Å²) >= 11 is 1.37. The number of rotatable bonds is 7. The molecule has 1 N–H and O–H groups in total. The predicted octanol–water partition coefficient (Wildman–Crippen LogP) is 3.81. The van der Waals surface area contributed by atoms with Gasteiger partial charge in [0.2, 0.25) is 0 Å². The van der Waals surface area contributed by atoms with Crippen molar-refractivity contribution in [1.29, 1.82) is 5.26 Å². The molecule has 0 unspecified atom stereocenters. The Morgan fingerprint density at radius 2 is 1.85 bits per heavy atom. The minimum Gasteiger partial charge on any atom is -0.497 e. The average molecular weight is 365 g/mol. The lowest BCUT2D eigenvalue weighted by Crippen LogP contribution is -2.08. The van der Waals surface area contributed by atoms with Crippen molar-refractivity contribution in [3.05, 3.63) is 59.9 Å². The third kappa shape index (κ3) is 4.16. The Kier molecular flexibility index (Phi) is 5.77. The molecule has 26 heavy (non-hydrogen) atoms. The van der Waals surface area contributed by atoms with Crippen LogP contribution in [0.3, 0.4) is 0 Å². The number of nitriles is 1. The van der Waals surface area contributed by atoms with Gasteiger partial charge in [-0.05, 0) is 43.3 Å². The maximum absolute atomic E-state index is 8.88. The standard InChI is InChI=1S/C19H19N5OS/c1-14-3-5-15(6-4-14)21-13-18-22-23-19(26-12-11-20)24(18)16-7-9-17(25-2)10-8-16/h3-10,21H,12-13H2,1-2H3. The first kappa shape index (κ1) is 17.8. The van der Waals surface area contributed by atoms with E-state index in [-0.39, 0.29) is 0 Å². The van der Waals surface area contributed by atoms with E-state index in [0.29, 0.717) is 17.5 Å². The molecule has 0 radical (unpaired) electrons. The largest absolute Gasteiger partial charge is 0.497 e. The Balaban J connectivity index is 1.87. The minimum atomic E-state index is 0.319. The fourth-order valence-corrected chi connectivity index (χ4v) is 3.08. The second-order valence-corrected chi connectivity index (χ2v) is 6.54. The van der Waals surface area contributed by atoms with Crippen molar-refractivity contribution in [3.8, 4) is 17.5 Å². The van der Waals surface area contributed by atoms with Gasteiger partial charge < -0.3 is 10.1 Å². The molecule has 0 aliphatic rings. The van der Waals surface area contributed by atoms with Gasteiger partial charge in [0.25, 0.3) is 0 Å². The second-order valence-electron chi connectivity index (χ2n) is 5.60. The van der Waals surface area contributed by atoms with Crippen LogP contribution in [-0.4, -0.2) is 27.6 Å². The minimum absolute atomic E-state index is 0.319. The molecule has 0 bridgehead atoms. The van der Waals surface area contributed by atoms with Crippen LogP contribution in [0.1, 0.15) is 11.4 Å². The lowest BCUT2D eigenvalue weighted by atomic mass is 10.2. The summed E-state index contributed by atoms with van der Waals surface area (Å²) in [5.74, 6) is 1.88. The summed E-state index contributed by atoms with van der Waals surface area (Å²) in [6, 6.07) is 18.0. The maximum Gasteiger partial charge on any atom is 0.196 e. The van der Waals surface area contributed by atoms with Gasteiger partial charge >= 0.3 is 0 Å². The average Bonchev–Trinajstić information content (AvgIpc) is 3.08. The predicted molar refractivity (Wildman–Crippen MR) is 103 cm³/mol. The highest BCUT2D eigenvalue weighted by atomic mass is 32.2. The molecule has 1 heterocycles. The number of thioether (sulfide) groups is 1. The Labute approximate surface area is 156 Å². The van der Waals surface area contributed by atoms with Crippen LogP contribution in [0.4, 0.5) is 5.69 Å². The molecule has 0 amide bonds. The van der Waals surface area contributed by atoms with Crippen LogP contribution in [0, 0.1) is 18.3 Å². The first-order chi connectivity index (χ1) is 12.7. The molecule has 7 heteroatoms. The maximum atomic E-state index is 8.88. The lowest BCUT2D eigenvalue weighted by molar-refractivity contribution is 0.414. The number of aryl methyl sites for hydroxylation is 1. The van der Waals surface area contributed by atoms with Gasteiger partial charge in [-0.1, -0.05) is 29.5 Å². The molecule has 0 fully saturated rings. The molecular formula is C19H19N5OS. The monoisotopic (exact) mass is 365 g/mol. The smallest absolute Gasteiger partial charge is 0.196 e. The molecule has 132 valence electrons. The van der Waals surface area contributed by atoms with Crippen LogP contribution < -0.4 is 10.1 Å². The zero-order valence-electron chi connectivity index (χ0n) is 14.6. The fraction of sp³-hybridized carbons (Fsp3) is 0.211. The molecule has 1 aromatic heterocycles. The number of nitrogens with one attached hydrogen (secondary N) is 1. The number of nitrogens with zero attached hydrogens (tertiary/aromatic N) is 4. The first-order valence-corrected chi connectivity index (χ1v) is 9.09. The summed E-state index contributed by atoms with van der Waals surface area (Å²) in [5, 5.41) is 21.5. The molecular weight excluding hydrogens is 346 g/mol. The van der Waals surface area contributed by atoms with Crippen molar-refractivity contribution in [1.82, 2.24) is 14.8 Å². The van der Waals surface area contributed by atoms with Crippen molar-refractivity contribution in [3.63, 3.8) is 0 Å². The fourth-order valence-electron chi connectivity index (χ4n) is 2.45. The van der Waals surface area contributed by atoms with E-state index < -0.39 is 0 Å². The molecule has 0 atom stereocenters. The number of hydrogen-bond donors (Lipinski definition) is 1. The molecule has 0 saturated heterocycles. The molecule has 0 aliphatic carbocycles. The van der Waals surface area contributed by atoms with Crippen molar-refractivity contribution in [2.45, 2.75) is 18.6 Å². The van der Waals surface area contributed by atoms with Crippen molar-refractivity contribution < 1.29 is 4.74 Å². The summed E-state index contributed by atoms with van der Waals surface area (Å²) in [7, 11) is 1.64. The van der Waals surface area contributed by atoms with E-state index >= 15 is 0 Å². The Morgan fingerprint density at radius 1 is 1.12 bits per heavy atom. The Bertz CT molecular complexity index is 897. The van der Waals surface area contributed by atoms with E-state index in [2.05, 4.69) is 40.6 Å². The number of hydrogen-bond acceptors (Lipinski definition) is 6. The molecule has 2 aromatic carbocycles. The van der Waals surface area contributed by atoms with Crippen LogP contribution in [0.25, 0.3) is 5.69 Å². The van der Waals surface area contributed by atoms with E-state index in [9.17, 15) is 0 Å². The summed E-state index contributed by atoms with van der Waals surface area (Å²) in [6.07, 6.45) is 0. The number of ether oxygens (including phenoxy) is 1. The normalized spacial score (nSPS) is 10.3. The molecule has 6 nitrogen and oxygen atoms in total. The highest BCUT2D eigenvalue weighted by Crippen LogP contribution is 2.24. The zero-order valence-corrected chi connectivity index (χ0v) is 15.5. The quantitative estimate of drug-likeness (QED) is 0.642. The van der Waals surface area contributed by atoms with Gasteiger partial charge in [0.05, 0.1) is 25.5 Å². The molecule has 0 aliphatic heterocycles. The van der Waals surface area contributed by atoms with Crippen molar-refractivity contribution in [2.75, 3.05) is 18.2 Å². The zero-order chi connectivity index (χ0) is 18.4. The molecule has 0 spiro atoms. The Hall–Kier alpha value is -2.98. The van der Waals surface area contributed by atoms with E-state index in [1.807, 2.05) is 41.0 Å². The molecule has 3 aromatic rings. The van der Waals surface area contributed by atoms with Crippen molar-refractivity contribution in [2.24, 2.45) is 0 Å². The number of aromatic nitrogens is 3. The highest BCUT2D eigenvalue weighted by Gasteiger charge is 2.14. The van der Waals surface area contributed by atoms with Crippen LogP contribution in [0.15, 0.2) is 53.7 Å². The van der Waals surface area contributed by atoms with E-state index in [0.717, 1.165) is 22.9 Å². The SMILES string of the molecule is COc1ccc(-n2c(CNc3ccc(C)cc3)nnc2SCC#N)cc1. The van der Waals surface area contributed by atoms with E-state index in [1.165, 1.54) is 17.3 Å². The van der Waals surface area contributed by atoms with Crippen LogP contribution in [-0.2, 0) is 6.54 Å². The van der Waals surface area contributed by atoms with Crippen molar-refractivity contribution >= 4 is 17.4 Å². The Morgan fingerprint density at radius 3 is 2.50 bits per heavy atom. The van der Waals surface area contributed by atoms with E-state index in [4.69, 9.17) is 10.00 Å². The lowest BCUT2D eigenvalue weighted by Gasteiger charge is -2.11. The van der Waals surface area contributed by atoms with Crippen LogP contribution in [0.2, 0.25) is 0 Å². The van der Waals surface area contributed by atoms with Gasteiger partial charge in [-0.15, -0.1) is 10.2 Å². The van der Waals surface area contributed by atoms with Crippen LogP contribution >= 0.6 is 11.8 Å².